The van der Waals surface area contributed by atoms with Gasteiger partial charge in [-0.1, -0.05) is 0 Å². The van der Waals surface area contributed by atoms with E-state index in [-0.39, 0.29) is 6.04 Å². The van der Waals surface area contributed by atoms with Crippen molar-refractivity contribution in [1.82, 2.24) is 9.97 Å². The van der Waals surface area contributed by atoms with E-state index in [0.29, 0.717) is 5.95 Å². The summed E-state index contributed by atoms with van der Waals surface area (Å²) in [7, 11) is 0. The summed E-state index contributed by atoms with van der Waals surface area (Å²) in [5.41, 5.74) is 14.5. The molecule has 1 aliphatic rings. The highest BCUT2D eigenvalue weighted by Gasteiger charge is 2.23. The Morgan fingerprint density at radius 3 is 2.92 bits per heavy atom. The van der Waals surface area contributed by atoms with E-state index in [2.05, 4.69) is 9.97 Å². The van der Waals surface area contributed by atoms with Crippen LogP contribution in [0.25, 0.3) is 0 Å². The number of hydrogen-bond acceptors (Lipinski definition) is 4. The van der Waals surface area contributed by atoms with Gasteiger partial charge in [-0.3, -0.25) is 0 Å². The molecule has 0 fully saturated rings. The monoisotopic (exact) mass is 164 g/mol. The molecule has 1 aromatic rings. The molecule has 0 amide bonds. The molecule has 0 saturated heterocycles. The summed E-state index contributed by atoms with van der Waals surface area (Å²) in [6, 6.07) is 0.112. The van der Waals surface area contributed by atoms with Gasteiger partial charge in [0.25, 0.3) is 0 Å². The molecule has 0 spiro atoms. The van der Waals surface area contributed by atoms with Gasteiger partial charge in [-0.2, -0.15) is 0 Å². The van der Waals surface area contributed by atoms with Gasteiger partial charge in [-0.15, -0.1) is 0 Å². The highest BCUT2D eigenvalue weighted by molar-refractivity contribution is 5.36. The molecule has 1 aromatic heterocycles. The maximum atomic E-state index is 5.88. The summed E-state index contributed by atoms with van der Waals surface area (Å²) in [4.78, 5) is 8.23. The first-order chi connectivity index (χ1) is 5.68. The molecule has 0 radical (unpaired) electrons. The highest BCUT2D eigenvalue weighted by Crippen LogP contribution is 2.29. The van der Waals surface area contributed by atoms with Crippen molar-refractivity contribution in [2.75, 3.05) is 5.73 Å². The van der Waals surface area contributed by atoms with Crippen molar-refractivity contribution in [3.8, 4) is 0 Å². The molecule has 0 saturated carbocycles. The van der Waals surface area contributed by atoms with Crippen molar-refractivity contribution in [1.29, 1.82) is 0 Å². The molecule has 1 atom stereocenters. The molecule has 4 N–H and O–H groups in total. The van der Waals surface area contributed by atoms with E-state index in [0.717, 1.165) is 29.8 Å². The Morgan fingerprint density at radius 1 is 1.42 bits per heavy atom. The van der Waals surface area contributed by atoms with Crippen molar-refractivity contribution in [2.24, 2.45) is 5.73 Å². The number of nitrogens with zero attached hydrogens (tertiary/aromatic N) is 2. The number of anilines is 1. The molecule has 64 valence electrons. The van der Waals surface area contributed by atoms with Crippen LogP contribution in [0.4, 0.5) is 5.95 Å². The second-order valence-corrected chi connectivity index (χ2v) is 3.17. The number of rotatable bonds is 0. The Balaban J connectivity index is 2.60. The summed E-state index contributed by atoms with van der Waals surface area (Å²) in [6.07, 6.45) is 1.90. The lowest BCUT2D eigenvalue weighted by atomic mass is 10.1. The normalized spacial score (nSPS) is 21.0. The van der Waals surface area contributed by atoms with Gasteiger partial charge in [-0.25, -0.2) is 9.97 Å². The maximum absolute atomic E-state index is 5.88. The molecule has 12 heavy (non-hydrogen) atoms. The van der Waals surface area contributed by atoms with Gasteiger partial charge in [0.05, 0.1) is 5.69 Å². The number of aromatic nitrogens is 2. The Bertz CT molecular complexity index is 321. The van der Waals surface area contributed by atoms with E-state index in [1.807, 2.05) is 6.92 Å². The zero-order valence-electron chi connectivity index (χ0n) is 7.04. The average molecular weight is 164 g/mol. The summed E-state index contributed by atoms with van der Waals surface area (Å²) in [5.74, 6) is 0.361. The second kappa shape index (κ2) is 2.42. The van der Waals surface area contributed by atoms with Crippen molar-refractivity contribution < 1.29 is 0 Å². The van der Waals surface area contributed by atoms with Crippen molar-refractivity contribution in [2.45, 2.75) is 25.8 Å². The molecule has 0 aliphatic heterocycles. The minimum absolute atomic E-state index is 0.112. The van der Waals surface area contributed by atoms with Crippen molar-refractivity contribution in [3.05, 3.63) is 17.0 Å². The molecule has 4 nitrogen and oxygen atoms in total. The van der Waals surface area contributed by atoms with Gasteiger partial charge < -0.3 is 11.5 Å². The van der Waals surface area contributed by atoms with Crippen LogP contribution in [0, 0.1) is 6.92 Å². The van der Waals surface area contributed by atoms with Crippen molar-refractivity contribution in [3.63, 3.8) is 0 Å². The van der Waals surface area contributed by atoms with E-state index < -0.39 is 0 Å². The Kier molecular flexibility index (Phi) is 1.51. The van der Waals surface area contributed by atoms with Crippen LogP contribution in [0.5, 0.6) is 0 Å². The smallest absolute Gasteiger partial charge is 0.220 e. The molecule has 1 aliphatic carbocycles. The van der Waals surface area contributed by atoms with E-state index >= 15 is 0 Å². The van der Waals surface area contributed by atoms with Gasteiger partial charge in [0.2, 0.25) is 5.95 Å². The molecule has 0 aromatic carbocycles. The Morgan fingerprint density at radius 2 is 2.17 bits per heavy atom. The summed E-state index contributed by atoms with van der Waals surface area (Å²) in [5, 5.41) is 0. The van der Waals surface area contributed by atoms with Gasteiger partial charge in [0.1, 0.15) is 0 Å². The minimum atomic E-state index is 0.112. The quantitative estimate of drug-likeness (QED) is 0.578. The van der Waals surface area contributed by atoms with E-state index in [1.54, 1.807) is 0 Å². The zero-order valence-corrected chi connectivity index (χ0v) is 7.04. The Hall–Kier alpha value is -1.16. The number of fused-ring (bicyclic) bond motifs is 1. The van der Waals surface area contributed by atoms with Gasteiger partial charge in [-0.05, 0) is 19.8 Å². The lowest BCUT2D eigenvalue weighted by Crippen LogP contribution is -2.10. The third-order valence-corrected chi connectivity index (χ3v) is 2.30. The topological polar surface area (TPSA) is 77.8 Å². The molecular formula is C8H12N4. The molecule has 2 rings (SSSR count). The summed E-state index contributed by atoms with van der Waals surface area (Å²) >= 11 is 0. The standard InChI is InChI=1S/C8H12N4/c1-4-7-5(9)2-3-6(7)12-8(10)11-4/h5H,2-3,9H2,1H3,(H2,10,11,12). The first kappa shape index (κ1) is 7.49. The number of nitrogen functional groups attached to an aromatic ring is 1. The van der Waals surface area contributed by atoms with Crippen LogP contribution in [0.2, 0.25) is 0 Å². The predicted octanol–water partition coefficient (Wildman–Crippen LogP) is 0.313. The van der Waals surface area contributed by atoms with Crippen LogP contribution in [-0.2, 0) is 6.42 Å². The van der Waals surface area contributed by atoms with Crippen LogP contribution in [0.15, 0.2) is 0 Å². The summed E-state index contributed by atoms with van der Waals surface area (Å²) in [6.45, 7) is 1.93. The fourth-order valence-electron chi connectivity index (χ4n) is 1.77. The average Bonchev–Trinajstić information content (AvgIpc) is 2.31. The van der Waals surface area contributed by atoms with E-state index in [9.17, 15) is 0 Å². The fraction of sp³-hybridized carbons (Fsp3) is 0.500. The minimum Gasteiger partial charge on any atom is -0.368 e. The van der Waals surface area contributed by atoms with E-state index in [4.69, 9.17) is 11.5 Å². The largest absolute Gasteiger partial charge is 0.368 e. The van der Waals surface area contributed by atoms with Crippen LogP contribution in [0.1, 0.15) is 29.4 Å². The lowest BCUT2D eigenvalue weighted by Gasteiger charge is -2.07. The number of nitrogens with two attached hydrogens (primary N) is 2. The third kappa shape index (κ3) is 0.956. The fourth-order valence-corrected chi connectivity index (χ4v) is 1.77. The number of hydrogen-bond donors (Lipinski definition) is 2. The van der Waals surface area contributed by atoms with Crippen molar-refractivity contribution >= 4 is 5.95 Å². The Labute approximate surface area is 71.0 Å². The zero-order chi connectivity index (χ0) is 8.72. The third-order valence-electron chi connectivity index (χ3n) is 2.30. The SMILES string of the molecule is Cc1nc(N)nc2c1C(N)CC2. The van der Waals surface area contributed by atoms with Crippen LogP contribution in [-0.4, -0.2) is 9.97 Å². The molecule has 4 heteroatoms. The lowest BCUT2D eigenvalue weighted by molar-refractivity contribution is 0.707. The number of aryl methyl sites for hydroxylation is 2. The van der Waals surface area contributed by atoms with Gasteiger partial charge >= 0.3 is 0 Å². The maximum Gasteiger partial charge on any atom is 0.220 e. The molecule has 1 heterocycles. The van der Waals surface area contributed by atoms with Crippen LogP contribution < -0.4 is 11.5 Å². The summed E-state index contributed by atoms with van der Waals surface area (Å²) < 4.78 is 0. The van der Waals surface area contributed by atoms with E-state index in [1.165, 1.54) is 0 Å². The molecular weight excluding hydrogens is 152 g/mol. The van der Waals surface area contributed by atoms with Crippen LogP contribution in [0.3, 0.4) is 0 Å². The predicted molar refractivity (Wildman–Crippen MR) is 46.4 cm³/mol. The highest BCUT2D eigenvalue weighted by atomic mass is 15.0. The van der Waals surface area contributed by atoms with Gasteiger partial charge in [0, 0.05) is 17.3 Å². The first-order valence-electron chi connectivity index (χ1n) is 4.07. The second-order valence-electron chi connectivity index (χ2n) is 3.17. The van der Waals surface area contributed by atoms with Gasteiger partial charge in [0.15, 0.2) is 0 Å². The molecule has 1 unspecified atom stereocenters. The molecule has 0 bridgehead atoms. The first-order valence-corrected chi connectivity index (χ1v) is 4.07. The van der Waals surface area contributed by atoms with Crippen LogP contribution >= 0.6 is 0 Å².